The highest BCUT2D eigenvalue weighted by Crippen LogP contribution is 2.43. The Morgan fingerprint density at radius 2 is 0.800 bits per heavy atom. The first-order valence-electron chi connectivity index (χ1n) is 32.5. The number of nitrogens with one attached hydrogen (secondary N) is 1. The monoisotopic (exact) mass is 1080 g/mol. The number of unbranched alkanes of at least 4 members (excludes halogenated alkanes) is 39. The van der Waals surface area contributed by atoms with Gasteiger partial charge in [-0.1, -0.05) is 306 Å². The lowest BCUT2D eigenvalue weighted by atomic mass is 10.0. The summed E-state index contributed by atoms with van der Waals surface area (Å²) in [5.74, 6) is -0.143. The maximum absolute atomic E-state index is 13.0. The molecule has 0 radical (unpaired) electrons. The van der Waals surface area contributed by atoms with Gasteiger partial charge in [-0.15, -0.1) is 0 Å². The number of hydrogen-bond donors (Lipinski definition) is 3. The highest BCUT2D eigenvalue weighted by Gasteiger charge is 2.28. The average Bonchev–Trinajstić information content (AvgIpc) is 3.37. The lowest BCUT2D eigenvalue weighted by Crippen LogP contribution is -2.46. The quantitative estimate of drug-likeness (QED) is 0.0243. The van der Waals surface area contributed by atoms with Crippen LogP contribution in [0.2, 0.25) is 0 Å². The number of amides is 1. The van der Waals surface area contributed by atoms with Gasteiger partial charge in [-0.2, -0.15) is 0 Å². The molecule has 8 nitrogen and oxygen atoms in total. The van der Waals surface area contributed by atoms with Crippen molar-refractivity contribution in [3.8, 4) is 0 Å². The second kappa shape index (κ2) is 57.2. The molecule has 3 unspecified atom stereocenters. The summed E-state index contributed by atoms with van der Waals surface area (Å²) < 4.78 is 23.9. The molecule has 0 aliphatic rings. The van der Waals surface area contributed by atoms with E-state index in [0.717, 1.165) is 64.2 Å². The molecule has 0 aromatic carbocycles. The molecule has 0 fully saturated rings. The van der Waals surface area contributed by atoms with E-state index in [1.165, 1.54) is 225 Å². The number of carbonyl (C=O) groups excluding carboxylic acids is 1. The van der Waals surface area contributed by atoms with Gasteiger partial charge in [-0.25, -0.2) is 4.57 Å². The van der Waals surface area contributed by atoms with Gasteiger partial charge < -0.3 is 19.8 Å². The van der Waals surface area contributed by atoms with Gasteiger partial charge >= 0.3 is 7.82 Å². The highest BCUT2D eigenvalue weighted by molar-refractivity contribution is 7.47. The summed E-state index contributed by atoms with van der Waals surface area (Å²) in [5.41, 5.74) is 0. The number of likely N-dealkylation sites (N-methyl/N-ethyl adjacent to an activating group) is 1. The van der Waals surface area contributed by atoms with Crippen molar-refractivity contribution in [3.63, 3.8) is 0 Å². The Morgan fingerprint density at radius 1 is 0.467 bits per heavy atom. The SMILES string of the molecule is CC/C=C\C/C=C\C/C=C\C/C=C\CCCCCCCCCCCCCCC(=O)NC(COP(=O)(O)OCC[N+](C)(C)C)C(O)CCCCCCCCCCCCCCCCCCCCCCCCCCCCCC. The van der Waals surface area contributed by atoms with E-state index < -0.39 is 20.0 Å². The maximum atomic E-state index is 13.0. The first kappa shape index (κ1) is 73.5. The van der Waals surface area contributed by atoms with E-state index in [1.807, 2.05) is 21.1 Å². The van der Waals surface area contributed by atoms with Crippen LogP contribution in [-0.4, -0.2) is 73.4 Å². The fraction of sp³-hybridized carbons (Fsp3) is 0.864. The van der Waals surface area contributed by atoms with Crippen LogP contribution in [0.4, 0.5) is 0 Å². The molecule has 0 heterocycles. The molecule has 442 valence electrons. The summed E-state index contributed by atoms with van der Waals surface area (Å²) >= 11 is 0. The van der Waals surface area contributed by atoms with Gasteiger partial charge in [0.2, 0.25) is 5.91 Å². The first-order chi connectivity index (χ1) is 36.5. The Hall–Kier alpha value is -1.54. The number of aliphatic hydroxyl groups excluding tert-OH is 1. The zero-order valence-electron chi connectivity index (χ0n) is 50.6. The van der Waals surface area contributed by atoms with E-state index in [1.54, 1.807) is 0 Å². The normalized spacial score (nSPS) is 14.1. The lowest BCUT2D eigenvalue weighted by Gasteiger charge is -2.26. The number of allylic oxidation sites excluding steroid dienone is 8. The number of quaternary nitrogens is 1. The van der Waals surface area contributed by atoms with Crippen LogP contribution in [0.3, 0.4) is 0 Å². The molecule has 9 heteroatoms. The second-order valence-corrected chi connectivity index (χ2v) is 24.9. The fourth-order valence-corrected chi connectivity index (χ4v) is 10.5. The van der Waals surface area contributed by atoms with Gasteiger partial charge in [0, 0.05) is 6.42 Å². The minimum Gasteiger partial charge on any atom is -0.391 e. The van der Waals surface area contributed by atoms with E-state index in [2.05, 4.69) is 67.8 Å². The smallest absolute Gasteiger partial charge is 0.391 e. The van der Waals surface area contributed by atoms with Crippen LogP contribution in [0.1, 0.15) is 316 Å². The number of phosphoric acid groups is 1. The van der Waals surface area contributed by atoms with E-state index in [0.29, 0.717) is 23.9 Å². The van der Waals surface area contributed by atoms with Crippen molar-refractivity contribution in [1.82, 2.24) is 5.32 Å². The summed E-state index contributed by atoms with van der Waals surface area (Å²) in [5, 5.41) is 14.1. The van der Waals surface area contributed by atoms with Crippen molar-refractivity contribution < 1.29 is 32.9 Å². The van der Waals surface area contributed by atoms with E-state index >= 15 is 0 Å². The van der Waals surface area contributed by atoms with Crippen LogP contribution >= 0.6 is 7.82 Å². The summed E-state index contributed by atoms with van der Waals surface area (Å²) in [4.78, 5) is 23.4. The van der Waals surface area contributed by atoms with Crippen LogP contribution < -0.4 is 5.32 Å². The number of nitrogens with zero attached hydrogens (tertiary/aromatic N) is 1. The molecule has 0 bridgehead atoms. The third-order valence-electron chi connectivity index (χ3n) is 14.8. The first-order valence-corrected chi connectivity index (χ1v) is 34.0. The summed E-state index contributed by atoms with van der Waals surface area (Å²) in [6, 6.07) is -0.764. The minimum atomic E-state index is -4.33. The van der Waals surface area contributed by atoms with Crippen molar-refractivity contribution >= 4 is 13.7 Å². The lowest BCUT2D eigenvalue weighted by molar-refractivity contribution is -0.870. The molecule has 75 heavy (non-hydrogen) atoms. The van der Waals surface area contributed by atoms with Crippen molar-refractivity contribution in [1.29, 1.82) is 0 Å². The van der Waals surface area contributed by atoms with Crippen molar-refractivity contribution in [2.75, 3.05) is 40.9 Å². The average molecular weight is 1080 g/mol. The standard InChI is InChI=1S/C66H127N2O6P/c1-6-8-10-12-14-16-18-20-22-24-26-28-30-32-33-34-36-37-39-41-43-45-47-49-51-53-55-57-59-65(69)64(63-74-75(71,72)73-62-61-68(3,4)5)67-66(70)60-58-56-54-52-50-48-46-44-42-40-38-35-31-29-27-25-23-21-19-17-15-13-11-9-7-2/h9,11,15,17,21,23,27,29,64-65,69H,6-8,10,12-14,16,18-20,22,24-26,28,30-63H2,1-5H3,(H-,67,70,71,72)/p+1/b11-9-,17-15-,23-21-,29-27-. The molecule has 0 aromatic rings. The Bertz CT molecular complexity index is 1360. The van der Waals surface area contributed by atoms with E-state index in [4.69, 9.17) is 9.05 Å². The number of rotatable bonds is 60. The second-order valence-electron chi connectivity index (χ2n) is 23.5. The largest absolute Gasteiger partial charge is 0.472 e. The van der Waals surface area contributed by atoms with Gasteiger partial charge in [-0.05, 0) is 51.4 Å². The molecule has 0 aromatic heterocycles. The fourth-order valence-electron chi connectivity index (χ4n) is 9.81. The molecular weight excluding hydrogens is 948 g/mol. The van der Waals surface area contributed by atoms with Gasteiger partial charge in [0.1, 0.15) is 13.2 Å². The molecular formula is C66H128N2O6P+. The Kier molecular flexibility index (Phi) is 56.0. The van der Waals surface area contributed by atoms with Crippen molar-refractivity contribution in [3.05, 3.63) is 48.6 Å². The Morgan fingerprint density at radius 3 is 1.17 bits per heavy atom. The van der Waals surface area contributed by atoms with Crippen molar-refractivity contribution in [2.45, 2.75) is 328 Å². The number of carbonyl (C=O) groups is 1. The Labute approximate surface area is 467 Å². The van der Waals surface area contributed by atoms with Gasteiger partial charge in [0.15, 0.2) is 0 Å². The third-order valence-corrected chi connectivity index (χ3v) is 15.8. The van der Waals surface area contributed by atoms with Gasteiger partial charge in [0.25, 0.3) is 0 Å². The summed E-state index contributed by atoms with van der Waals surface area (Å²) in [6.07, 6.45) is 76.2. The third kappa shape index (κ3) is 60.0. The minimum absolute atomic E-state index is 0.0741. The predicted octanol–water partition coefficient (Wildman–Crippen LogP) is 20.3. The maximum Gasteiger partial charge on any atom is 0.472 e. The number of aliphatic hydroxyl groups is 1. The number of hydrogen-bond acceptors (Lipinski definition) is 5. The molecule has 0 spiro atoms. The zero-order chi connectivity index (χ0) is 54.9. The van der Waals surface area contributed by atoms with Crippen LogP contribution in [0, 0.1) is 0 Å². The predicted molar refractivity (Wildman–Crippen MR) is 327 cm³/mol. The summed E-state index contributed by atoms with van der Waals surface area (Å²) in [7, 11) is 1.62. The van der Waals surface area contributed by atoms with E-state index in [-0.39, 0.29) is 19.1 Å². The topological polar surface area (TPSA) is 105 Å². The van der Waals surface area contributed by atoms with Crippen molar-refractivity contribution in [2.24, 2.45) is 0 Å². The summed E-state index contributed by atoms with van der Waals surface area (Å²) in [6.45, 7) is 4.82. The van der Waals surface area contributed by atoms with Gasteiger partial charge in [-0.3, -0.25) is 13.8 Å². The van der Waals surface area contributed by atoms with Gasteiger partial charge in [0.05, 0.1) is 39.9 Å². The number of phosphoric ester groups is 1. The molecule has 0 aliphatic heterocycles. The van der Waals surface area contributed by atoms with Crippen LogP contribution in [0.25, 0.3) is 0 Å². The van der Waals surface area contributed by atoms with E-state index in [9.17, 15) is 19.4 Å². The zero-order valence-corrected chi connectivity index (χ0v) is 51.4. The van der Waals surface area contributed by atoms with Crippen LogP contribution in [-0.2, 0) is 18.4 Å². The molecule has 0 saturated carbocycles. The molecule has 0 aliphatic carbocycles. The molecule has 0 rings (SSSR count). The molecule has 1 amide bonds. The highest BCUT2D eigenvalue weighted by atomic mass is 31.2. The molecule has 3 N–H and O–H groups in total. The van der Waals surface area contributed by atoms with Crippen LogP contribution in [0.15, 0.2) is 48.6 Å². The molecule has 3 atom stereocenters. The van der Waals surface area contributed by atoms with Crippen LogP contribution in [0.5, 0.6) is 0 Å². The molecule has 0 saturated heterocycles. The Balaban J connectivity index is 4.08.